The average Bonchev–Trinajstić information content (AvgIpc) is 3.15. The molecule has 3 N–H and O–H groups in total. The fraction of sp³-hybridized carbons (Fsp3) is 0.231. The van der Waals surface area contributed by atoms with Gasteiger partial charge in [-0.2, -0.15) is 0 Å². The number of carbonyl (C=O) groups is 4. The first-order chi connectivity index (χ1) is 16.7. The van der Waals surface area contributed by atoms with Crippen LogP contribution >= 0.6 is 0 Å². The number of hydrogen-bond donors (Lipinski definition) is 3. The van der Waals surface area contributed by atoms with Gasteiger partial charge in [0.15, 0.2) is 6.61 Å². The summed E-state index contributed by atoms with van der Waals surface area (Å²) in [5.74, 6) is -2.34. The van der Waals surface area contributed by atoms with Crippen molar-refractivity contribution in [2.24, 2.45) is 0 Å². The van der Waals surface area contributed by atoms with Crippen LogP contribution < -0.4 is 10.6 Å². The molecule has 3 aromatic rings. The summed E-state index contributed by atoms with van der Waals surface area (Å²) in [6.07, 6.45) is 0. The summed E-state index contributed by atoms with van der Waals surface area (Å²) in [6, 6.07) is 14.3. The maximum Gasteiger partial charge on any atom is 0.355 e. The number of para-hydroxylation sites is 1. The van der Waals surface area contributed by atoms with Gasteiger partial charge < -0.3 is 25.1 Å². The minimum atomic E-state index is -0.792. The Bertz CT molecular complexity index is 1260. The standard InChI is InChI=1S/C26H27N3O6/c1-15-9-11-18(12-10-15)13-27-24(31)19-7-5-6-8-20(19)29-21(30)14-35-26(33)23-16(2)22(17(3)28-23)25(32)34-4/h5-12,28H,13-14H2,1-4H3,(H,27,31)(H,29,30). The molecule has 35 heavy (non-hydrogen) atoms. The highest BCUT2D eigenvalue weighted by Crippen LogP contribution is 2.20. The summed E-state index contributed by atoms with van der Waals surface area (Å²) in [5, 5.41) is 5.43. The third kappa shape index (κ3) is 6.14. The number of H-pyrrole nitrogens is 1. The van der Waals surface area contributed by atoms with Gasteiger partial charge in [-0.3, -0.25) is 9.59 Å². The first kappa shape index (κ1) is 25.2. The molecule has 0 bridgehead atoms. The number of nitrogens with one attached hydrogen (secondary N) is 3. The Balaban J connectivity index is 1.61. The zero-order chi connectivity index (χ0) is 25.5. The lowest BCUT2D eigenvalue weighted by atomic mass is 10.1. The van der Waals surface area contributed by atoms with Crippen LogP contribution in [0.3, 0.4) is 0 Å². The monoisotopic (exact) mass is 477 g/mol. The summed E-state index contributed by atoms with van der Waals surface area (Å²) in [5.41, 5.74) is 3.77. The van der Waals surface area contributed by atoms with Gasteiger partial charge in [-0.05, 0) is 44.0 Å². The van der Waals surface area contributed by atoms with Crippen LogP contribution in [0.15, 0.2) is 48.5 Å². The summed E-state index contributed by atoms with van der Waals surface area (Å²) >= 11 is 0. The summed E-state index contributed by atoms with van der Waals surface area (Å²) in [7, 11) is 1.25. The maximum atomic E-state index is 12.7. The van der Waals surface area contributed by atoms with Gasteiger partial charge in [0.25, 0.3) is 11.8 Å². The van der Waals surface area contributed by atoms with Gasteiger partial charge in [0.2, 0.25) is 0 Å². The van der Waals surface area contributed by atoms with Gasteiger partial charge in [0, 0.05) is 12.2 Å². The Kier molecular flexibility index (Phi) is 8.04. The first-order valence-electron chi connectivity index (χ1n) is 10.9. The van der Waals surface area contributed by atoms with E-state index in [4.69, 9.17) is 9.47 Å². The van der Waals surface area contributed by atoms with Gasteiger partial charge in [-0.1, -0.05) is 42.0 Å². The fourth-order valence-electron chi connectivity index (χ4n) is 3.53. The number of benzene rings is 2. The first-order valence-corrected chi connectivity index (χ1v) is 10.9. The second kappa shape index (κ2) is 11.1. The summed E-state index contributed by atoms with van der Waals surface area (Å²) < 4.78 is 9.83. The van der Waals surface area contributed by atoms with Crippen molar-refractivity contribution in [3.05, 3.63) is 87.7 Å². The van der Waals surface area contributed by atoms with Gasteiger partial charge in [-0.15, -0.1) is 0 Å². The lowest BCUT2D eigenvalue weighted by Gasteiger charge is -2.12. The summed E-state index contributed by atoms with van der Waals surface area (Å²) in [6.45, 7) is 4.95. The molecule has 182 valence electrons. The van der Waals surface area contributed by atoms with E-state index in [1.165, 1.54) is 7.11 Å². The van der Waals surface area contributed by atoms with Crippen molar-refractivity contribution >= 4 is 29.4 Å². The zero-order valence-corrected chi connectivity index (χ0v) is 20.0. The quantitative estimate of drug-likeness (QED) is 0.427. The number of amides is 2. The molecule has 0 aliphatic heterocycles. The molecule has 1 heterocycles. The smallest absolute Gasteiger partial charge is 0.355 e. The van der Waals surface area contributed by atoms with E-state index in [1.54, 1.807) is 38.1 Å². The molecule has 3 rings (SSSR count). The molecule has 0 fully saturated rings. The topological polar surface area (TPSA) is 127 Å². The predicted molar refractivity (Wildman–Crippen MR) is 129 cm³/mol. The minimum absolute atomic E-state index is 0.0617. The van der Waals surface area contributed by atoms with Crippen molar-refractivity contribution in [2.45, 2.75) is 27.3 Å². The molecule has 9 heteroatoms. The normalized spacial score (nSPS) is 10.4. The van der Waals surface area contributed by atoms with Crippen LogP contribution in [-0.2, 0) is 20.8 Å². The predicted octanol–water partition coefficient (Wildman–Crippen LogP) is 3.45. The van der Waals surface area contributed by atoms with E-state index in [2.05, 4.69) is 15.6 Å². The maximum absolute atomic E-state index is 12.7. The summed E-state index contributed by atoms with van der Waals surface area (Å²) in [4.78, 5) is 52.3. The molecule has 0 aliphatic carbocycles. The number of methoxy groups -OCH3 is 1. The van der Waals surface area contributed by atoms with Crippen LogP contribution in [0.1, 0.15) is 53.6 Å². The highest BCUT2D eigenvalue weighted by atomic mass is 16.5. The Labute approximate surface area is 202 Å². The Morgan fingerprint density at radius 2 is 1.60 bits per heavy atom. The average molecular weight is 478 g/mol. The van der Waals surface area contributed by atoms with Gasteiger partial charge in [-0.25, -0.2) is 9.59 Å². The largest absolute Gasteiger partial charge is 0.465 e. The molecule has 0 radical (unpaired) electrons. The SMILES string of the molecule is COC(=O)c1c(C)[nH]c(C(=O)OCC(=O)Nc2ccccc2C(=O)NCc2ccc(C)cc2)c1C. The second-order valence-corrected chi connectivity index (χ2v) is 7.95. The molecule has 1 aromatic heterocycles. The van der Waals surface area contributed by atoms with Crippen molar-refractivity contribution in [2.75, 3.05) is 19.0 Å². The Morgan fingerprint density at radius 1 is 0.914 bits per heavy atom. The number of carbonyl (C=O) groups excluding carboxylic acids is 4. The van der Waals surface area contributed by atoms with Crippen LogP contribution in [0.25, 0.3) is 0 Å². The number of aromatic amines is 1. The zero-order valence-electron chi connectivity index (χ0n) is 20.0. The van der Waals surface area contributed by atoms with Gasteiger partial charge >= 0.3 is 11.9 Å². The molecule has 9 nitrogen and oxygen atoms in total. The van der Waals surface area contributed by atoms with Crippen LogP contribution in [-0.4, -0.2) is 42.5 Å². The van der Waals surface area contributed by atoms with Crippen molar-refractivity contribution in [1.29, 1.82) is 0 Å². The van der Waals surface area contributed by atoms with E-state index in [0.29, 0.717) is 17.8 Å². The van der Waals surface area contributed by atoms with Crippen molar-refractivity contribution in [3.8, 4) is 0 Å². The Morgan fingerprint density at radius 3 is 2.29 bits per heavy atom. The van der Waals surface area contributed by atoms with Gasteiger partial charge in [0.05, 0.1) is 23.9 Å². The third-order valence-electron chi connectivity index (χ3n) is 5.38. The number of hydrogen-bond acceptors (Lipinski definition) is 6. The molecule has 2 aromatic carbocycles. The number of rotatable bonds is 8. The lowest BCUT2D eigenvalue weighted by molar-refractivity contribution is -0.119. The third-order valence-corrected chi connectivity index (χ3v) is 5.38. The highest BCUT2D eigenvalue weighted by molar-refractivity contribution is 6.04. The van der Waals surface area contributed by atoms with E-state index in [1.807, 2.05) is 31.2 Å². The number of anilines is 1. The minimum Gasteiger partial charge on any atom is -0.465 e. The van der Waals surface area contributed by atoms with E-state index in [-0.39, 0.29) is 28.4 Å². The molecule has 0 saturated carbocycles. The fourth-order valence-corrected chi connectivity index (χ4v) is 3.53. The number of ether oxygens (including phenoxy) is 2. The van der Waals surface area contributed by atoms with E-state index >= 15 is 0 Å². The van der Waals surface area contributed by atoms with E-state index in [9.17, 15) is 19.2 Å². The molecule has 2 amide bonds. The van der Waals surface area contributed by atoms with Crippen LogP contribution in [0, 0.1) is 20.8 Å². The molecule has 0 saturated heterocycles. The Hall–Kier alpha value is -4.40. The molecule has 0 unspecified atom stereocenters. The van der Waals surface area contributed by atoms with Gasteiger partial charge in [0.1, 0.15) is 5.69 Å². The highest BCUT2D eigenvalue weighted by Gasteiger charge is 2.24. The molecule has 0 atom stereocenters. The molecule has 0 aliphatic rings. The van der Waals surface area contributed by atoms with Crippen molar-refractivity contribution in [1.82, 2.24) is 10.3 Å². The van der Waals surface area contributed by atoms with E-state index < -0.39 is 24.5 Å². The van der Waals surface area contributed by atoms with Crippen LogP contribution in [0.4, 0.5) is 5.69 Å². The molecular weight excluding hydrogens is 450 g/mol. The van der Waals surface area contributed by atoms with Crippen LogP contribution in [0.2, 0.25) is 0 Å². The number of esters is 2. The number of aromatic nitrogens is 1. The number of aryl methyl sites for hydroxylation is 2. The van der Waals surface area contributed by atoms with E-state index in [0.717, 1.165) is 11.1 Å². The van der Waals surface area contributed by atoms with Crippen LogP contribution in [0.5, 0.6) is 0 Å². The second-order valence-electron chi connectivity index (χ2n) is 7.95. The molecular formula is C26H27N3O6. The lowest BCUT2D eigenvalue weighted by Crippen LogP contribution is -2.26. The van der Waals surface area contributed by atoms with Crippen molar-refractivity contribution in [3.63, 3.8) is 0 Å². The van der Waals surface area contributed by atoms with Crippen molar-refractivity contribution < 1.29 is 28.7 Å². The molecule has 0 spiro atoms.